The highest BCUT2D eigenvalue weighted by Gasteiger charge is 2.40. The maximum absolute atomic E-state index is 10.3. The fourth-order valence-corrected chi connectivity index (χ4v) is 2.61. The monoisotopic (exact) mass is 202 g/mol. The summed E-state index contributed by atoms with van der Waals surface area (Å²) < 4.78 is 0. The van der Waals surface area contributed by atoms with Gasteiger partial charge in [-0.2, -0.15) is 0 Å². The van der Waals surface area contributed by atoms with Crippen LogP contribution in [0.5, 0.6) is 0 Å². The van der Waals surface area contributed by atoms with E-state index in [1.165, 1.54) is 11.1 Å². The molecule has 1 heteroatoms. The first-order valence-electron chi connectivity index (χ1n) is 5.48. The molecular weight excluding hydrogens is 184 g/mol. The Balaban J connectivity index is 2.46. The average molecular weight is 202 g/mol. The zero-order valence-corrected chi connectivity index (χ0v) is 9.46. The molecule has 0 aromatic heterocycles. The Morgan fingerprint density at radius 1 is 1.40 bits per heavy atom. The topological polar surface area (TPSA) is 20.2 Å². The number of benzene rings is 1. The van der Waals surface area contributed by atoms with Crippen molar-refractivity contribution in [2.24, 2.45) is 0 Å². The lowest BCUT2D eigenvalue weighted by atomic mass is 9.82. The Morgan fingerprint density at radius 2 is 2.07 bits per heavy atom. The maximum atomic E-state index is 10.3. The summed E-state index contributed by atoms with van der Waals surface area (Å²) in [6, 6.07) is 8.26. The zero-order valence-electron chi connectivity index (χ0n) is 9.46. The Bertz CT molecular complexity index is 390. The van der Waals surface area contributed by atoms with Crippen LogP contribution in [0.15, 0.2) is 36.4 Å². The second-order valence-corrected chi connectivity index (χ2v) is 4.81. The van der Waals surface area contributed by atoms with Crippen molar-refractivity contribution in [1.29, 1.82) is 0 Å². The van der Waals surface area contributed by atoms with Gasteiger partial charge in [0.05, 0.1) is 5.60 Å². The summed E-state index contributed by atoms with van der Waals surface area (Å²) in [5, 5.41) is 10.3. The quantitative estimate of drug-likeness (QED) is 0.693. The molecular formula is C14H18O. The van der Waals surface area contributed by atoms with Gasteiger partial charge in [-0.3, -0.25) is 0 Å². The fraction of sp³-hybridized carbons (Fsp3) is 0.429. The molecule has 0 saturated heterocycles. The first-order chi connectivity index (χ1) is 7.02. The van der Waals surface area contributed by atoms with Crippen molar-refractivity contribution in [1.82, 2.24) is 0 Å². The van der Waals surface area contributed by atoms with Gasteiger partial charge in [-0.1, -0.05) is 36.4 Å². The average Bonchev–Trinajstić information content (AvgIpc) is 2.43. The molecule has 80 valence electrons. The Kier molecular flexibility index (Phi) is 2.43. The van der Waals surface area contributed by atoms with E-state index in [4.69, 9.17) is 0 Å². The highest BCUT2D eigenvalue weighted by molar-refractivity contribution is 5.39. The van der Waals surface area contributed by atoms with Gasteiger partial charge in [0.1, 0.15) is 0 Å². The molecule has 0 unspecified atom stereocenters. The number of aliphatic hydroxyl groups is 1. The highest BCUT2D eigenvalue weighted by atomic mass is 16.3. The van der Waals surface area contributed by atoms with Crippen molar-refractivity contribution in [2.45, 2.75) is 38.2 Å². The molecule has 0 radical (unpaired) electrons. The maximum Gasteiger partial charge on any atom is 0.0728 e. The van der Waals surface area contributed by atoms with Crippen molar-refractivity contribution < 1.29 is 5.11 Å². The lowest BCUT2D eigenvalue weighted by molar-refractivity contribution is 0.0542. The van der Waals surface area contributed by atoms with Crippen molar-refractivity contribution in [2.75, 3.05) is 0 Å². The molecule has 1 aromatic carbocycles. The van der Waals surface area contributed by atoms with E-state index in [1.807, 2.05) is 19.1 Å². The predicted molar refractivity (Wildman–Crippen MR) is 62.9 cm³/mol. The van der Waals surface area contributed by atoms with E-state index in [9.17, 15) is 5.11 Å². The Hall–Kier alpha value is -1.08. The Labute approximate surface area is 91.4 Å². The van der Waals surface area contributed by atoms with Crippen molar-refractivity contribution in [3.63, 3.8) is 0 Å². The van der Waals surface area contributed by atoms with E-state index in [0.29, 0.717) is 0 Å². The van der Waals surface area contributed by atoms with Crippen LogP contribution in [0, 0.1) is 6.92 Å². The highest BCUT2D eigenvalue weighted by Crippen LogP contribution is 2.46. The van der Waals surface area contributed by atoms with Gasteiger partial charge < -0.3 is 5.11 Å². The number of aryl methyl sites for hydroxylation is 1. The van der Waals surface area contributed by atoms with E-state index in [0.717, 1.165) is 18.4 Å². The third-order valence-corrected chi connectivity index (χ3v) is 3.48. The molecule has 1 aromatic rings. The lowest BCUT2D eigenvalue weighted by Crippen LogP contribution is -2.28. The summed E-state index contributed by atoms with van der Waals surface area (Å²) in [6.07, 6.45) is 1.76. The fourth-order valence-electron chi connectivity index (χ4n) is 2.61. The van der Waals surface area contributed by atoms with Crippen LogP contribution in [0.2, 0.25) is 0 Å². The molecule has 1 nitrogen and oxygen atoms in total. The van der Waals surface area contributed by atoms with Crippen LogP contribution in [-0.4, -0.2) is 10.7 Å². The summed E-state index contributed by atoms with van der Waals surface area (Å²) in [6.45, 7) is 8.10. The molecule has 1 aliphatic carbocycles. The molecule has 1 fully saturated rings. The molecule has 15 heavy (non-hydrogen) atoms. The zero-order chi connectivity index (χ0) is 11.1. The molecule has 2 rings (SSSR count). The third-order valence-electron chi connectivity index (χ3n) is 3.48. The predicted octanol–water partition coefficient (Wildman–Crippen LogP) is 3.18. The van der Waals surface area contributed by atoms with Crippen molar-refractivity contribution >= 4 is 0 Å². The van der Waals surface area contributed by atoms with Gasteiger partial charge in [0.25, 0.3) is 0 Å². The number of rotatable bonds is 1. The summed E-state index contributed by atoms with van der Waals surface area (Å²) in [7, 11) is 0. The molecule has 1 saturated carbocycles. The summed E-state index contributed by atoms with van der Waals surface area (Å²) in [5.74, 6) is 0.110. The molecule has 2 atom stereocenters. The molecule has 0 bridgehead atoms. The van der Waals surface area contributed by atoms with Gasteiger partial charge in [-0.25, -0.2) is 0 Å². The van der Waals surface area contributed by atoms with Crippen molar-refractivity contribution in [3.8, 4) is 0 Å². The van der Waals surface area contributed by atoms with E-state index in [2.05, 4.69) is 25.6 Å². The van der Waals surface area contributed by atoms with E-state index in [1.54, 1.807) is 0 Å². The molecule has 0 spiro atoms. The largest absolute Gasteiger partial charge is 0.389 e. The number of hydrogen-bond donors (Lipinski definition) is 1. The standard InChI is InChI=1S/C14H18O/c1-10-6-4-5-7-12(10)13-11(2)8-9-14(13,3)15/h4-7,13,15H,2,8-9H2,1,3H3/t13-,14-/m1/s1. The van der Waals surface area contributed by atoms with Gasteiger partial charge in [-0.05, 0) is 37.8 Å². The van der Waals surface area contributed by atoms with Crippen LogP contribution in [-0.2, 0) is 0 Å². The second-order valence-electron chi connectivity index (χ2n) is 4.81. The smallest absolute Gasteiger partial charge is 0.0728 e. The third kappa shape index (κ3) is 1.72. The minimum Gasteiger partial charge on any atom is -0.389 e. The minimum absolute atomic E-state index is 0.110. The Morgan fingerprint density at radius 3 is 2.60 bits per heavy atom. The second kappa shape index (κ2) is 3.49. The van der Waals surface area contributed by atoms with E-state index in [-0.39, 0.29) is 5.92 Å². The van der Waals surface area contributed by atoms with Crippen LogP contribution in [0.3, 0.4) is 0 Å². The summed E-state index contributed by atoms with van der Waals surface area (Å²) in [5.41, 5.74) is 3.01. The molecule has 0 aliphatic heterocycles. The lowest BCUT2D eigenvalue weighted by Gasteiger charge is -2.27. The van der Waals surface area contributed by atoms with Crippen LogP contribution < -0.4 is 0 Å². The summed E-state index contributed by atoms with van der Waals surface area (Å²) in [4.78, 5) is 0. The molecule has 1 N–H and O–H groups in total. The number of hydrogen-bond acceptors (Lipinski definition) is 1. The van der Waals surface area contributed by atoms with Crippen LogP contribution in [0.4, 0.5) is 0 Å². The SMILES string of the molecule is C=C1CC[C@@](C)(O)[C@H]1c1ccccc1C. The normalized spacial score (nSPS) is 30.9. The van der Waals surface area contributed by atoms with Crippen LogP contribution in [0.1, 0.15) is 36.8 Å². The molecule has 0 heterocycles. The van der Waals surface area contributed by atoms with Gasteiger partial charge in [0, 0.05) is 5.92 Å². The van der Waals surface area contributed by atoms with Crippen molar-refractivity contribution in [3.05, 3.63) is 47.5 Å². The van der Waals surface area contributed by atoms with Crippen LogP contribution in [0.25, 0.3) is 0 Å². The first kappa shape index (κ1) is 10.4. The minimum atomic E-state index is -0.622. The van der Waals surface area contributed by atoms with Gasteiger partial charge in [0.2, 0.25) is 0 Å². The van der Waals surface area contributed by atoms with E-state index >= 15 is 0 Å². The van der Waals surface area contributed by atoms with Crippen LogP contribution >= 0.6 is 0 Å². The molecule has 0 amide bonds. The van der Waals surface area contributed by atoms with Gasteiger partial charge in [-0.15, -0.1) is 0 Å². The molecule has 1 aliphatic rings. The van der Waals surface area contributed by atoms with Gasteiger partial charge in [0.15, 0.2) is 0 Å². The first-order valence-corrected chi connectivity index (χ1v) is 5.48. The van der Waals surface area contributed by atoms with E-state index < -0.39 is 5.60 Å². The summed E-state index contributed by atoms with van der Waals surface area (Å²) >= 11 is 0. The van der Waals surface area contributed by atoms with Gasteiger partial charge >= 0.3 is 0 Å².